The van der Waals surface area contributed by atoms with Gasteiger partial charge in [0.05, 0.1) is 19.0 Å². The molecule has 0 spiro atoms. The van der Waals surface area contributed by atoms with Crippen LogP contribution in [0.3, 0.4) is 0 Å². The van der Waals surface area contributed by atoms with Gasteiger partial charge >= 0.3 is 0 Å². The van der Waals surface area contributed by atoms with Gasteiger partial charge in [-0.2, -0.15) is 0 Å². The molecule has 2 N–H and O–H groups in total. The Bertz CT molecular complexity index is 423. The molecule has 0 unspecified atom stereocenters. The molecule has 6 nitrogen and oxygen atoms in total. The minimum atomic E-state index is -0.870. The van der Waals surface area contributed by atoms with E-state index in [0.29, 0.717) is 18.9 Å². The van der Waals surface area contributed by atoms with Gasteiger partial charge in [0.1, 0.15) is 0 Å². The SMILES string of the molecule is CCN(CC(C)(C)O)c1nc[nH]c(=O)c1OC. The highest BCUT2D eigenvalue weighted by atomic mass is 16.5. The lowest BCUT2D eigenvalue weighted by molar-refractivity contribution is 0.0873. The predicted octanol–water partition coefficient (Wildman–Crippen LogP) is 0.376. The van der Waals surface area contributed by atoms with Gasteiger partial charge in [-0.15, -0.1) is 0 Å². The molecule has 0 amide bonds. The maximum Gasteiger partial charge on any atom is 0.295 e. The normalized spacial score (nSPS) is 11.4. The molecule has 0 atom stereocenters. The number of nitrogens with zero attached hydrogens (tertiary/aromatic N) is 2. The zero-order valence-electron chi connectivity index (χ0n) is 10.6. The highest BCUT2D eigenvalue weighted by Gasteiger charge is 2.22. The lowest BCUT2D eigenvalue weighted by Gasteiger charge is -2.29. The second-order valence-corrected chi connectivity index (χ2v) is 4.42. The van der Waals surface area contributed by atoms with Crippen LogP contribution in [-0.4, -0.2) is 40.9 Å². The molecule has 1 aromatic rings. The first kappa shape index (κ1) is 13.5. The standard InChI is InChI=1S/C11H19N3O3/c1-5-14(6-11(2,3)16)9-8(17-4)10(15)13-7-12-9/h7,16H,5-6H2,1-4H3,(H,12,13,15). The fraction of sp³-hybridized carbons (Fsp3) is 0.636. The summed E-state index contributed by atoms with van der Waals surface area (Å²) in [5, 5.41) is 9.82. The van der Waals surface area contributed by atoms with Crippen molar-refractivity contribution in [3.05, 3.63) is 16.7 Å². The molecule has 0 aliphatic heterocycles. The number of likely N-dealkylation sites (N-methyl/N-ethyl adjacent to an activating group) is 1. The number of H-pyrrole nitrogens is 1. The van der Waals surface area contributed by atoms with Gasteiger partial charge in [0, 0.05) is 13.1 Å². The number of aromatic nitrogens is 2. The molecular formula is C11H19N3O3. The molecule has 0 radical (unpaired) electrons. The van der Waals surface area contributed by atoms with E-state index in [1.54, 1.807) is 18.7 Å². The van der Waals surface area contributed by atoms with Crippen LogP contribution in [0.2, 0.25) is 0 Å². The molecule has 1 aromatic heterocycles. The third-order valence-electron chi connectivity index (χ3n) is 2.25. The number of hydrogen-bond donors (Lipinski definition) is 2. The second-order valence-electron chi connectivity index (χ2n) is 4.42. The highest BCUT2D eigenvalue weighted by Crippen LogP contribution is 2.21. The van der Waals surface area contributed by atoms with Crippen molar-refractivity contribution in [2.45, 2.75) is 26.4 Å². The lowest BCUT2D eigenvalue weighted by atomic mass is 10.1. The molecule has 0 saturated carbocycles. The number of aliphatic hydroxyl groups is 1. The zero-order valence-corrected chi connectivity index (χ0v) is 10.6. The molecule has 0 fully saturated rings. The molecule has 1 heterocycles. The van der Waals surface area contributed by atoms with Gasteiger partial charge in [0.15, 0.2) is 5.82 Å². The molecular weight excluding hydrogens is 222 g/mol. The molecule has 0 aliphatic carbocycles. The third kappa shape index (κ3) is 3.45. The largest absolute Gasteiger partial charge is 0.489 e. The lowest BCUT2D eigenvalue weighted by Crippen LogP contribution is -2.39. The number of ether oxygens (including phenoxy) is 1. The Morgan fingerprint density at radius 3 is 2.71 bits per heavy atom. The fourth-order valence-electron chi connectivity index (χ4n) is 1.59. The minimum absolute atomic E-state index is 0.165. The number of hydrogen-bond acceptors (Lipinski definition) is 5. The average Bonchev–Trinajstić information content (AvgIpc) is 2.24. The highest BCUT2D eigenvalue weighted by molar-refractivity contribution is 5.50. The minimum Gasteiger partial charge on any atom is -0.489 e. The van der Waals surface area contributed by atoms with Gasteiger partial charge in [-0.3, -0.25) is 4.79 Å². The number of nitrogens with one attached hydrogen (secondary N) is 1. The molecule has 0 aliphatic rings. The van der Waals surface area contributed by atoms with Crippen LogP contribution in [0, 0.1) is 0 Å². The quantitative estimate of drug-likeness (QED) is 0.779. The maximum absolute atomic E-state index is 11.5. The van der Waals surface area contributed by atoms with Crippen LogP contribution in [0.5, 0.6) is 5.75 Å². The van der Waals surface area contributed by atoms with Gasteiger partial charge in [-0.1, -0.05) is 0 Å². The summed E-state index contributed by atoms with van der Waals surface area (Å²) in [7, 11) is 1.42. The molecule has 6 heteroatoms. The summed E-state index contributed by atoms with van der Waals surface area (Å²) in [6.07, 6.45) is 1.33. The van der Waals surface area contributed by atoms with Crippen molar-refractivity contribution in [3.8, 4) is 5.75 Å². The van der Waals surface area contributed by atoms with E-state index in [0.717, 1.165) is 0 Å². The summed E-state index contributed by atoms with van der Waals surface area (Å²) in [6.45, 7) is 6.33. The van der Waals surface area contributed by atoms with E-state index in [1.807, 2.05) is 6.92 Å². The molecule has 0 aromatic carbocycles. The first-order valence-corrected chi connectivity index (χ1v) is 5.48. The van der Waals surface area contributed by atoms with E-state index < -0.39 is 5.60 Å². The van der Waals surface area contributed by atoms with Crippen LogP contribution < -0.4 is 15.2 Å². The predicted molar refractivity (Wildman–Crippen MR) is 65.6 cm³/mol. The summed E-state index contributed by atoms with van der Waals surface area (Å²) in [5.41, 5.74) is -1.20. The van der Waals surface area contributed by atoms with Crippen LogP contribution in [0.15, 0.2) is 11.1 Å². The zero-order chi connectivity index (χ0) is 13.1. The summed E-state index contributed by atoms with van der Waals surface area (Å²) < 4.78 is 5.04. The summed E-state index contributed by atoms with van der Waals surface area (Å²) in [5.74, 6) is 0.611. The Kier molecular flexibility index (Phi) is 4.11. The number of aromatic amines is 1. The number of methoxy groups -OCH3 is 1. The number of rotatable bonds is 5. The van der Waals surface area contributed by atoms with Crippen molar-refractivity contribution >= 4 is 5.82 Å². The molecule has 0 saturated heterocycles. The van der Waals surface area contributed by atoms with Gasteiger partial charge in [0.25, 0.3) is 5.56 Å². The Morgan fingerprint density at radius 2 is 2.24 bits per heavy atom. The fourth-order valence-corrected chi connectivity index (χ4v) is 1.59. The van der Waals surface area contributed by atoms with E-state index in [2.05, 4.69) is 9.97 Å². The van der Waals surface area contributed by atoms with E-state index in [4.69, 9.17) is 4.74 Å². The van der Waals surface area contributed by atoms with Crippen LogP contribution in [-0.2, 0) is 0 Å². The van der Waals surface area contributed by atoms with Crippen molar-refractivity contribution in [1.29, 1.82) is 0 Å². The summed E-state index contributed by atoms with van der Waals surface area (Å²) in [6, 6.07) is 0. The monoisotopic (exact) mass is 241 g/mol. The smallest absolute Gasteiger partial charge is 0.295 e. The van der Waals surface area contributed by atoms with Crippen LogP contribution in [0.4, 0.5) is 5.82 Å². The van der Waals surface area contributed by atoms with Crippen molar-refractivity contribution < 1.29 is 9.84 Å². The third-order valence-corrected chi connectivity index (χ3v) is 2.25. The summed E-state index contributed by atoms with van der Waals surface area (Å²) in [4.78, 5) is 19.9. The maximum atomic E-state index is 11.5. The van der Waals surface area contributed by atoms with Crippen molar-refractivity contribution in [2.75, 3.05) is 25.1 Å². The first-order chi connectivity index (χ1) is 7.89. The molecule has 96 valence electrons. The van der Waals surface area contributed by atoms with Crippen molar-refractivity contribution in [3.63, 3.8) is 0 Å². The second kappa shape index (κ2) is 5.18. The average molecular weight is 241 g/mol. The van der Waals surface area contributed by atoms with Crippen LogP contribution in [0.25, 0.3) is 0 Å². The van der Waals surface area contributed by atoms with Gasteiger partial charge in [-0.25, -0.2) is 4.98 Å². The Hall–Kier alpha value is -1.56. The Balaban J connectivity index is 3.12. The topological polar surface area (TPSA) is 78.5 Å². The van der Waals surface area contributed by atoms with Crippen molar-refractivity contribution in [1.82, 2.24) is 9.97 Å². The van der Waals surface area contributed by atoms with Gasteiger partial charge in [0.2, 0.25) is 5.75 Å². The Labute approximate surface area is 100 Å². The van der Waals surface area contributed by atoms with Gasteiger partial charge < -0.3 is 19.7 Å². The van der Waals surface area contributed by atoms with E-state index in [-0.39, 0.29) is 11.3 Å². The molecule has 17 heavy (non-hydrogen) atoms. The molecule has 1 rings (SSSR count). The molecule has 0 bridgehead atoms. The van der Waals surface area contributed by atoms with E-state index in [1.165, 1.54) is 13.4 Å². The van der Waals surface area contributed by atoms with Gasteiger partial charge in [-0.05, 0) is 20.8 Å². The van der Waals surface area contributed by atoms with E-state index in [9.17, 15) is 9.90 Å². The number of anilines is 1. The van der Waals surface area contributed by atoms with Crippen LogP contribution >= 0.6 is 0 Å². The van der Waals surface area contributed by atoms with Crippen LogP contribution in [0.1, 0.15) is 20.8 Å². The van der Waals surface area contributed by atoms with E-state index >= 15 is 0 Å². The Morgan fingerprint density at radius 1 is 1.59 bits per heavy atom. The first-order valence-electron chi connectivity index (χ1n) is 5.48. The summed E-state index contributed by atoms with van der Waals surface area (Å²) >= 11 is 0. The van der Waals surface area contributed by atoms with Crippen molar-refractivity contribution in [2.24, 2.45) is 0 Å².